The van der Waals surface area contributed by atoms with Gasteiger partial charge in [-0.2, -0.15) is 0 Å². The van der Waals surface area contributed by atoms with Crippen LogP contribution >= 0.6 is 11.8 Å². The summed E-state index contributed by atoms with van der Waals surface area (Å²) >= 11 is 1.61. The number of aromatic nitrogens is 1. The second kappa shape index (κ2) is 3.88. The van der Waals surface area contributed by atoms with Crippen LogP contribution in [0.25, 0.3) is 0 Å². The van der Waals surface area contributed by atoms with Crippen molar-refractivity contribution >= 4 is 11.8 Å². The molecule has 0 atom stereocenters. The van der Waals surface area contributed by atoms with Crippen molar-refractivity contribution in [2.24, 2.45) is 0 Å². The van der Waals surface area contributed by atoms with Crippen LogP contribution in [0, 0.1) is 13.8 Å². The van der Waals surface area contributed by atoms with Crippen LogP contribution in [-0.4, -0.2) is 4.98 Å². The molecule has 2 nitrogen and oxygen atoms in total. The summed E-state index contributed by atoms with van der Waals surface area (Å²) in [6.45, 7) is 3.82. The number of nitrogens with zero attached hydrogens (tertiary/aromatic N) is 1. The highest BCUT2D eigenvalue weighted by atomic mass is 32.2. The van der Waals surface area contributed by atoms with Crippen LogP contribution in [-0.2, 0) is 0 Å². The van der Waals surface area contributed by atoms with E-state index in [2.05, 4.69) is 17.1 Å². The van der Waals surface area contributed by atoms with E-state index in [1.807, 2.05) is 32.0 Å². The summed E-state index contributed by atoms with van der Waals surface area (Å²) in [5.41, 5.74) is 0.955. The summed E-state index contributed by atoms with van der Waals surface area (Å²) in [7, 11) is 0. The van der Waals surface area contributed by atoms with Gasteiger partial charge in [0.25, 0.3) is 0 Å². The highest BCUT2D eigenvalue weighted by molar-refractivity contribution is 7.99. The molecule has 0 amide bonds. The Hall–Kier alpha value is -1.22. The third-order valence-corrected chi connectivity index (χ3v) is 2.89. The van der Waals surface area contributed by atoms with Crippen molar-refractivity contribution in [3.63, 3.8) is 0 Å². The van der Waals surface area contributed by atoms with E-state index in [0.717, 1.165) is 16.7 Å². The first-order chi connectivity index (χ1) is 6.75. The zero-order valence-electron chi connectivity index (χ0n) is 8.15. The molecule has 3 heteroatoms. The highest BCUT2D eigenvalue weighted by Gasteiger charge is 2.07. The second-order valence-electron chi connectivity index (χ2n) is 3.02. The van der Waals surface area contributed by atoms with Gasteiger partial charge in [0.05, 0.1) is 5.69 Å². The van der Waals surface area contributed by atoms with Gasteiger partial charge in [0.1, 0.15) is 0 Å². The Morgan fingerprint density at radius 3 is 2.43 bits per heavy atom. The van der Waals surface area contributed by atoms with E-state index in [0.29, 0.717) is 0 Å². The fourth-order valence-corrected chi connectivity index (χ4v) is 2.07. The van der Waals surface area contributed by atoms with Crippen LogP contribution in [0.15, 0.2) is 44.7 Å². The molecule has 0 saturated carbocycles. The third kappa shape index (κ3) is 1.99. The van der Waals surface area contributed by atoms with Crippen molar-refractivity contribution in [1.82, 2.24) is 4.98 Å². The Bertz CT molecular complexity index is 422. The van der Waals surface area contributed by atoms with Gasteiger partial charge in [-0.05, 0) is 19.1 Å². The van der Waals surface area contributed by atoms with Gasteiger partial charge in [0.2, 0.25) is 0 Å². The first-order valence-electron chi connectivity index (χ1n) is 4.42. The average Bonchev–Trinajstić information content (AvgIpc) is 2.47. The summed E-state index contributed by atoms with van der Waals surface area (Å²) in [6, 6.07) is 10.1. The molecule has 0 spiro atoms. The van der Waals surface area contributed by atoms with Crippen LogP contribution < -0.4 is 0 Å². The van der Waals surface area contributed by atoms with Gasteiger partial charge >= 0.3 is 0 Å². The summed E-state index contributed by atoms with van der Waals surface area (Å²) in [5.74, 6) is 0.723. The molecule has 0 radical (unpaired) electrons. The van der Waals surface area contributed by atoms with Gasteiger partial charge in [-0.15, -0.1) is 0 Å². The van der Waals surface area contributed by atoms with Crippen LogP contribution in [0.1, 0.15) is 11.6 Å². The van der Waals surface area contributed by atoms with Crippen molar-refractivity contribution in [3.8, 4) is 0 Å². The standard InChI is InChI=1S/C11H11NOS/c1-8-11(13-9(2)12-8)14-10-6-4-3-5-7-10/h3-7H,1-2H3. The molecule has 0 N–H and O–H groups in total. The molecule has 1 heterocycles. The van der Waals surface area contributed by atoms with Gasteiger partial charge in [-0.3, -0.25) is 0 Å². The minimum Gasteiger partial charge on any atom is -0.434 e. The quantitative estimate of drug-likeness (QED) is 0.751. The minimum absolute atomic E-state index is 0.723. The number of aryl methyl sites for hydroxylation is 2. The molecule has 2 aromatic rings. The maximum atomic E-state index is 5.47. The summed E-state index contributed by atoms with van der Waals surface area (Å²) in [6.07, 6.45) is 0. The van der Waals surface area contributed by atoms with Crippen molar-refractivity contribution in [3.05, 3.63) is 41.9 Å². The van der Waals surface area contributed by atoms with Crippen molar-refractivity contribution in [1.29, 1.82) is 0 Å². The number of oxazole rings is 1. The zero-order valence-corrected chi connectivity index (χ0v) is 8.97. The van der Waals surface area contributed by atoms with Crippen LogP contribution in [0.5, 0.6) is 0 Å². The Labute approximate surface area is 87.4 Å². The van der Waals surface area contributed by atoms with Gasteiger partial charge < -0.3 is 4.42 Å². The lowest BCUT2D eigenvalue weighted by Gasteiger charge is -1.96. The number of hydrogen-bond donors (Lipinski definition) is 0. The largest absolute Gasteiger partial charge is 0.434 e. The van der Waals surface area contributed by atoms with E-state index >= 15 is 0 Å². The lowest BCUT2D eigenvalue weighted by atomic mass is 10.4. The topological polar surface area (TPSA) is 26.0 Å². The van der Waals surface area contributed by atoms with Crippen LogP contribution in [0.2, 0.25) is 0 Å². The molecule has 14 heavy (non-hydrogen) atoms. The van der Waals surface area contributed by atoms with E-state index < -0.39 is 0 Å². The SMILES string of the molecule is Cc1nc(C)c(Sc2ccccc2)o1. The predicted octanol–water partition coefficient (Wildman–Crippen LogP) is 3.44. The maximum Gasteiger partial charge on any atom is 0.192 e. The summed E-state index contributed by atoms with van der Waals surface area (Å²) in [5, 5.41) is 0.883. The van der Waals surface area contributed by atoms with Gasteiger partial charge in [-0.25, -0.2) is 4.98 Å². The Morgan fingerprint density at radius 1 is 1.14 bits per heavy atom. The Morgan fingerprint density at radius 2 is 1.86 bits per heavy atom. The Kier molecular flexibility index (Phi) is 2.59. The first-order valence-corrected chi connectivity index (χ1v) is 5.24. The molecule has 0 unspecified atom stereocenters. The Balaban J connectivity index is 2.23. The van der Waals surface area contributed by atoms with Gasteiger partial charge in [-0.1, -0.05) is 30.0 Å². The molecule has 1 aromatic carbocycles. The van der Waals surface area contributed by atoms with E-state index in [1.54, 1.807) is 11.8 Å². The van der Waals surface area contributed by atoms with Crippen molar-refractivity contribution in [2.45, 2.75) is 23.8 Å². The zero-order chi connectivity index (χ0) is 9.97. The second-order valence-corrected chi connectivity index (χ2v) is 4.07. The normalized spacial score (nSPS) is 10.4. The number of rotatable bonds is 2. The maximum absolute atomic E-state index is 5.47. The third-order valence-electron chi connectivity index (χ3n) is 1.81. The molecule has 1 aromatic heterocycles. The highest BCUT2D eigenvalue weighted by Crippen LogP contribution is 2.30. The fourth-order valence-electron chi connectivity index (χ4n) is 1.20. The van der Waals surface area contributed by atoms with E-state index in [1.165, 1.54) is 4.90 Å². The average molecular weight is 205 g/mol. The number of benzene rings is 1. The smallest absolute Gasteiger partial charge is 0.192 e. The van der Waals surface area contributed by atoms with E-state index in [4.69, 9.17) is 4.42 Å². The fraction of sp³-hybridized carbons (Fsp3) is 0.182. The molecule has 72 valence electrons. The van der Waals surface area contributed by atoms with Crippen molar-refractivity contribution < 1.29 is 4.42 Å². The van der Waals surface area contributed by atoms with E-state index in [-0.39, 0.29) is 0 Å². The van der Waals surface area contributed by atoms with Crippen molar-refractivity contribution in [2.75, 3.05) is 0 Å². The molecule has 0 aliphatic heterocycles. The molecule has 0 aliphatic rings. The molecule has 0 aliphatic carbocycles. The number of hydrogen-bond acceptors (Lipinski definition) is 3. The lowest BCUT2D eigenvalue weighted by Crippen LogP contribution is -1.74. The van der Waals surface area contributed by atoms with Crippen LogP contribution in [0.4, 0.5) is 0 Å². The predicted molar refractivity (Wildman–Crippen MR) is 56.5 cm³/mol. The summed E-state index contributed by atoms with van der Waals surface area (Å²) in [4.78, 5) is 5.39. The van der Waals surface area contributed by atoms with Crippen LogP contribution in [0.3, 0.4) is 0 Å². The molecular weight excluding hydrogens is 194 g/mol. The lowest BCUT2D eigenvalue weighted by molar-refractivity contribution is 0.439. The monoisotopic (exact) mass is 205 g/mol. The molecule has 0 saturated heterocycles. The molecule has 0 fully saturated rings. The summed E-state index contributed by atoms with van der Waals surface area (Å²) < 4.78 is 5.47. The van der Waals surface area contributed by atoms with Gasteiger partial charge in [0.15, 0.2) is 11.0 Å². The van der Waals surface area contributed by atoms with E-state index in [9.17, 15) is 0 Å². The van der Waals surface area contributed by atoms with Gasteiger partial charge in [0, 0.05) is 11.8 Å². The molecular formula is C11H11NOS. The first kappa shape index (κ1) is 9.34. The minimum atomic E-state index is 0.723. The molecule has 2 rings (SSSR count). The molecule has 0 bridgehead atoms.